The Bertz CT molecular complexity index is 1040. The number of imide groups is 1. The molecule has 1 aromatic carbocycles. The average molecular weight is 427 g/mol. The Labute approximate surface area is 177 Å². The lowest BCUT2D eigenvalue weighted by molar-refractivity contribution is -0.121. The lowest BCUT2D eigenvalue weighted by Gasteiger charge is -2.22. The third-order valence-corrected chi connectivity index (χ3v) is 6.41. The lowest BCUT2D eigenvalue weighted by Crippen LogP contribution is -2.28. The van der Waals surface area contributed by atoms with Crippen LogP contribution in [0.2, 0.25) is 0 Å². The molecule has 0 saturated carbocycles. The van der Waals surface area contributed by atoms with Crippen molar-refractivity contribution in [2.75, 3.05) is 30.9 Å². The Morgan fingerprint density at radius 2 is 1.87 bits per heavy atom. The summed E-state index contributed by atoms with van der Waals surface area (Å²) in [5, 5.41) is 3.28. The molecule has 9 heteroatoms. The lowest BCUT2D eigenvalue weighted by atomic mass is 10.0. The molecule has 1 N–H and O–H groups in total. The van der Waals surface area contributed by atoms with Gasteiger partial charge in [-0.3, -0.25) is 19.3 Å². The minimum atomic E-state index is -0.477. The van der Waals surface area contributed by atoms with Crippen LogP contribution < -0.4 is 10.2 Å². The minimum Gasteiger partial charge on any atom is -0.465 e. The summed E-state index contributed by atoms with van der Waals surface area (Å²) in [7, 11) is 3.33. The van der Waals surface area contributed by atoms with Crippen molar-refractivity contribution in [1.29, 1.82) is 0 Å². The fourth-order valence-electron chi connectivity index (χ4n) is 3.76. The fourth-order valence-corrected chi connectivity index (χ4v) is 5.07. The van der Waals surface area contributed by atoms with Gasteiger partial charge in [0.2, 0.25) is 11.8 Å². The van der Waals surface area contributed by atoms with Gasteiger partial charge >= 0.3 is 5.97 Å². The van der Waals surface area contributed by atoms with Gasteiger partial charge in [0.1, 0.15) is 5.00 Å². The quantitative estimate of drug-likeness (QED) is 0.595. The number of thiophene rings is 1. The van der Waals surface area contributed by atoms with Gasteiger partial charge in [-0.15, -0.1) is 11.3 Å². The number of anilines is 2. The summed E-state index contributed by atoms with van der Waals surface area (Å²) in [6, 6.07) is 6.36. The van der Waals surface area contributed by atoms with Crippen molar-refractivity contribution >= 4 is 45.7 Å². The summed E-state index contributed by atoms with van der Waals surface area (Å²) >= 11 is 1.37. The second-order valence-corrected chi connectivity index (χ2v) is 8.42. The first-order valence-corrected chi connectivity index (χ1v) is 10.4. The van der Waals surface area contributed by atoms with E-state index in [9.17, 15) is 19.2 Å². The molecule has 30 heavy (non-hydrogen) atoms. The smallest absolute Gasteiger partial charge is 0.341 e. The number of nitrogens with zero attached hydrogens (tertiary/aromatic N) is 2. The molecule has 0 radical (unpaired) electrons. The molecule has 1 fully saturated rings. The van der Waals surface area contributed by atoms with Crippen molar-refractivity contribution < 1.29 is 23.9 Å². The molecule has 4 rings (SSSR count). The molecule has 3 heterocycles. The van der Waals surface area contributed by atoms with Crippen molar-refractivity contribution in [3.05, 3.63) is 45.8 Å². The SMILES string of the molecule is COC(=O)c1c(NC(=O)c2cccc(N3C(=O)CCC3=O)c2)sc2c1CCN(C)C2. The molecule has 0 atom stereocenters. The summed E-state index contributed by atoms with van der Waals surface area (Å²) in [5.74, 6) is -1.46. The topological polar surface area (TPSA) is 96.0 Å². The summed E-state index contributed by atoms with van der Waals surface area (Å²) in [6.45, 7) is 1.52. The largest absolute Gasteiger partial charge is 0.465 e. The van der Waals surface area contributed by atoms with Gasteiger partial charge in [0, 0.05) is 36.4 Å². The number of carbonyl (C=O) groups is 4. The number of benzene rings is 1. The molecule has 8 nitrogen and oxygen atoms in total. The molecule has 1 saturated heterocycles. The highest BCUT2D eigenvalue weighted by atomic mass is 32.1. The first kappa shape index (κ1) is 20.2. The number of likely N-dealkylation sites (N-methyl/N-ethyl adjacent to an activating group) is 1. The molecule has 0 bridgehead atoms. The molecule has 2 aromatic rings. The first-order chi connectivity index (χ1) is 14.4. The van der Waals surface area contributed by atoms with E-state index < -0.39 is 11.9 Å². The number of hydrogen-bond acceptors (Lipinski definition) is 7. The van der Waals surface area contributed by atoms with Crippen molar-refractivity contribution in [2.45, 2.75) is 25.8 Å². The number of nitrogens with one attached hydrogen (secondary N) is 1. The van der Waals surface area contributed by atoms with E-state index in [2.05, 4.69) is 10.2 Å². The number of esters is 1. The first-order valence-electron chi connectivity index (χ1n) is 9.57. The van der Waals surface area contributed by atoms with Gasteiger partial charge in [-0.25, -0.2) is 4.79 Å². The van der Waals surface area contributed by atoms with E-state index in [-0.39, 0.29) is 24.7 Å². The average Bonchev–Trinajstić information content (AvgIpc) is 3.25. The van der Waals surface area contributed by atoms with E-state index >= 15 is 0 Å². The van der Waals surface area contributed by atoms with Gasteiger partial charge in [0.05, 0.1) is 18.4 Å². The van der Waals surface area contributed by atoms with E-state index in [1.807, 2.05) is 7.05 Å². The monoisotopic (exact) mass is 427 g/mol. The highest BCUT2D eigenvalue weighted by Gasteiger charge is 2.31. The zero-order valence-corrected chi connectivity index (χ0v) is 17.5. The molecular weight excluding hydrogens is 406 g/mol. The van der Waals surface area contributed by atoms with Gasteiger partial charge in [0.15, 0.2) is 0 Å². The highest BCUT2D eigenvalue weighted by Crippen LogP contribution is 2.37. The van der Waals surface area contributed by atoms with Crippen LogP contribution in [0.25, 0.3) is 0 Å². The number of fused-ring (bicyclic) bond motifs is 1. The molecule has 0 aliphatic carbocycles. The van der Waals surface area contributed by atoms with Crippen LogP contribution in [0, 0.1) is 0 Å². The van der Waals surface area contributed by atoms with Crippen molar-refractivity contribution in [3.8, 4) is 0 Å². The molecular formula is C21H21N3O5S. The normalized spacial score (nSPS) is 16.5. The van der Waals surface area contributed by atoms with Crippen molar-refractivity contribution in [2.24, 2.45) is 0 Å². The van der Waals surface area contributed by atoms with Gasteiger partial charge < -0.3 is 15.0 Å². The maximum absolute atomic E-state index is 12.9. The van der Waals surface area contributed by atoms with E-state index in [1.54, 1.807) is 18.2 Å². The van der Waals surface area contributed by atoms with Crippen LogP contribution in [0.5, 0.6) is 0 Å². The van der Waals surface area contributed by atoms with Crippen molar-refractivity contribution in [1.82, 2.24) is 4.90 Å². The summed E-state index contributed by atoms with van der Waals surface area (Å²) in [4.78, 5) is 53.6. The Hall–Kier alpha value is -3.04. The second kappa shape index (κ2) is 8.00. The molecule has 0 spiro atoms. The van der Waals surface area contributed by atoms with Gasteiger partial charge in [-0.1, -0.05) is 6.07 Å². The summed E-state index contributed by atoms with van der Waals surface area (Å²) < 4.78 is 4.95. The Morgan fingerprint density at radius 3 is 2.57 bits per heavy atom. The van der Waals surface area contributed by atoms with Crippen LogP contribution in [0.4, 0.5) is 10.7 Å². The van der Waals surface area contributed by atoms with Crippen LogP contribution in [-0.4, -0.2) is 49.3 Å². The maximum Gasteiger partial charge on any atom is 0.341 e. The molecule has 2 aliphatic heterocycles. The maximum atomic E-state index is 12.9. The Balaban J connectivity index is 1.63. The van der Waals surface area contributed by atoms with Crippen LogP contribution in [0.3, 0.4) is 0 Å². The van der Waals surface area contributed by atoms with Gasteiger partial charge in [-0.2, -0.15) is 0 Å². The minimum absolute atomic E-state index is 0.174. The zero-order valence-electron chi connectivity index (χ0n) is 16.7. The molecule has 1 aromatic heterocycles. The van der Waals surface area contributed by atoms with E-state index in [4.69, 9.17) is 4.74 Å². The molecule has 2 aliphatic rings. The van der Waals surface area contributed by atoms with Crippen LogP contribution in [-0.2, 0) is 27.3 Å². The predicted octanol–water partition coefficient (Wildman–Crippen LogP) is 2.43. The van der Waals surface area contributed by atoms with E-state index in [0.29, 0.717) is 34.8 Å². The standard InChI is InChI=1S/C21H21N3O5S/c1-23-9-8-14-15(11-23)30-20(18(14)21(28)29-2)22-19(27)12-4-3-5-13(10-12)24-16(25)6-7-17(24)26/h3-5,10H,6-9,11H2,1-2H3,(H,22,27). The third kappa shape index (κ3) is 3.61. The van der Waals surface area contributed by atoms with Gasteiger partial charge in [-0.05, 0) is 37.2 Å². The van der Waals surface area contributed by atoms with Crippen molar-refractivity contribution in [3.63, 3.8) is 0 Å². The van der Waals surface area contributed by atoms with Gasteiger partial charge in [0.25, 0.3) is 5.91 Å². The number of carbonyl (C=O) groups excluding carboxylic acids is 4. The summed E-state index contributed by atoms with van der Waals surface area (Å²) in [5.41, 5.74) is 1.98. The second-order valence-electron chi connectivity index (χ2n) is 7.31. The number of methoxy groups -OCH3 is 1. The number of rotatable bonds is 4. The Kier molecular flexibility index (Phi) is 5.40. The highest BCUT2D eigenvalue weighted by molar-refractivity contribution is 7.17. The molecule has 156 valence electrons. The number of hydrogen-bond donors (Lipinski definition) is 1. The van der Waals surface area contributed by atoms with Crippen LogP contribution in [0.15, 0.2) is 24.3 Å². The van der Waals surface area contributed by atoms with E-state index in [0.717, 1.165) is 21.9 Å². The van der Waals surface area contributed by atoms with Crippen LogP contribution >= 0.6 is 11.3 Å². The Morgan fingerprint density at radius 1 is 1.13 bits per heavy atom. The predicted molar refractivity (Wildman–Crippen MR) is 112 cm³/mol. The summed E-state index contributed by atoms with van der Waals surface area (Å²) in [6.07, 6.45) is 1.05. The van der Waals surface area contributed by atoms with E-state index in [1.165, 1.54) is 24.5 Å². The molecule has 3 amide bonds. The zero-order chi connectivity index (χ0) is 21.4. The number of ether oxygens (including phenoxy) is 1. The molecule has 0 unspecified atom stereocenters. The van der Waals surface area contributed by atoms with Crippen LogP contribution in [0.1, 0.15) is 44.0 Å². The number of amides is 3. The third-order valence-electron chi connectivity index (χ3n) is 5.28. The fraction of sp³-hybridized carbons (Fsp3) is 0.333.